The molecule has 20 heavy (non-hydrogen) atoms. The molecule has 0 aliphatic carbocycles. The highest BCUT2D eigenvalue weighted by atomic mass is 35.5. The lowest BCUT2D eigenvalue weighted by Crippen LogP contribution is -2.22. The Kier molecular flexibility index (Phi) is 3.32. The number of nitrogens with one attached hydrogen (secondary N) is 1. The van der Waals surface area contributed by atoms with Gasteiger partial charge in [-0.05, 0) is 24.1 Å². The van der Waals surface area contributed by atoms with Gasteiger partial charge in [0.05, 0.1) is 5.69 Å². The van der Waals surface area contributed by atoms with E-state index < -0.39 is 0 Å². The molecule has 0 radical (unpaired) electrons. The summed E-state index contributed by atoms with van der Waals surface area (Å²) in [5.74, 6) is 0. The van der Waals surface area contributed by atoms with Crippen LogP contribution in [0.1, 0.15) is 23.7 Å². The molecule has 5 heteroatoms. The van der Waals surface area contributed by atoms with Gasteiger partial charge >= 0.3 is 0 Å². The zero-order chi connectivity index (χ0) is 14.1. The van der Waals surface area contributed by atoms with Gasteiger partial charge in [0.15, 0.2) is 5.65 Å². The summed E-state index contributed by atoms with van der Waals surface area (Å²) in [4.78, 5) is 17.0. The van der Waals surface area contributed by atoms with Crippen molar-refractivity contribution < 1.29 is 0 Å². The molecule has 4 nitrogen and oxygen atoms in total. The summed E-state index contributed by atoms with van der Waals surface area (Å²) >= 11 is 5.88. The van der Waals surface area contributed by atoms with E-state index in [4.69, 9.17) is 11.6 Å². The first kappa shape index (κ1) is 12.9. The van der Waals surface area contributed by atoms with Crippen molar-refractivity contribution in [3.63, 3.8) is 0 Å². The van der Waals surface area contributed by atoms with Gasteiger partial charge in [-0.15, -0.1) is 0 Å². The molecule has 0 aliphatic rings. The summed E-state index contributed by atoms with van der Waals surface area (Å²) in [5.41, 5.74) is 3.26. The Morgan fingerprint density at radius 3 is 2.70 bits per heavy atom. The third-order valence-corrected chi connectivity index (χ3v) is 3.61. The predicted molar refractivity (Wildman–Crippen MR) is 79.4 cm³/mol. The van der Waals surface area contributed by atoms with Crippen LogP contribution < -0.4 is 5.56 Å². The average Bonchev–Trinajstić information content (AvgIpc) is 2.92. The van der Waals surface area contributed by atoms with Crippen molar-refractivity contribution in [1.29, 1.82) is 0 Å². The van der Waals surface area contributed by atoms with Crippen molar-refractivity contribution in [2.75, 3.05) is 0 Å². The van der Waals surface area contributed by atoms with E-state index in [-0.39, 0.29) is 5.56 Å². The summed E-state index contributed by atoms with van der Waals surface area (Å²) in [7, 11) is 0. The molecule has 2 heterocycles. The molecule has 0 saturated heterocycles. The van der Waals surface area contributed by atoms with Crippen LogP contribution in [0.4, 0.5) is 0 Å². The number of aromatic amines is 1. The van der Waals surface area contributed by atoms with Crippen molar-refractivity contribution >= 4 is 17.2 Å². The Labute approximate surface area is 121 Å². The molecule has 1 aromatic carbocycles. The van der Waals surface area contributed by atoms with Crippen LogP contribution in [0.3, 0.4) is 0 Å². The predicted octanol–water partition coefficient (Wildman–Crippen LogP) is 2.83. The van der Waals surface area contributed by atoms with Crippen molar-refractivity contribution in [2.45, 2.75) is 19.8 Å². The minimum Gasteiger partial charge on any atom is -0.297 e. The van der Waals surface area contributed by atoms with Gasteiger partial charge in [-0.25, -0.2) is 9.50 Å². The molecule has 0 spiro atoms. The minimum absolute atomic E-state index is 0.0354. The summed E-state index contributed by atoms with van der Waals surface area (Å²) in [6, 6.07) is 9.34. The number of hydrogen-bond acceptors (Lipinski definition) is 2. The summed E-state index contributed by atoms with van der Waals surface area (Å²) in [6.45, 7) is 2.01. The standard InChI is InChI=1S/C15H14ClN3O/c1-2-13-12(9-10-3-5-11(16)6-4-10)15(20)19-14(18-13)7-8-17-19/h3-8,17H,2,9H2,1H3. The molecule has 2 aromatic heterocycles. The number of benzene rings is 1. The summed E-state index contributed by atoms with van der Waals surface area (Å²) in [5, 5.41) is 3.59. The second-order valence-corrected chi connectivity index (χ2v) is 5.09. The van der Waals surface area contributed by atoms with Gasteiger partial charge < -0.3 is 0 Å². The lowest BCUT2D eigenvalue weighted by Gasteiger charge is -2.07. The number of hydrogen-bond donors (Lipinski definition) is 1. The smallest absolute Gasteiger partial charge is 0.276 e. The van der Waals surface area contributed by atoms with Crippen LogP contribution in [0.2, 0.25) is 5.02 Å². The number of nitrogens with zero attached hydrogens (tertiary/aromatic N) is 2. The van der Waals surface area contributed by atoms with Gasteiger partial charge in [-0.1, -0.05) is 30.7 Å². The quantitative estimate of drug-likeness (QED) is 0.805. The van der Waals surface area contributed by atoms with E-state index in [0.717, 1.165) is 23.2 Å². The monoisotopic (exact) mass is 287 g/mol. The van der Waals surface area contributed by atoms with E-state index in [0.29, 0.717) is 17.1 Å². The van der Waals surface area contributed by atoms with Gasteiger partial charge in [0.25, 0.3) is 5.56 Å². The van der Waals surface area contributed by atoms with Crippen LogP contribution >= 0.6 is 11.6 Å². The molecular formula is C15H14ClN3O. The zero-order valence-electron chi connectivity index (χ0n) is 11.1. The Balaban J connectivity index is 2.11. The average molecular weight is 288 g/mol. The molecule has 0 aliphatic heterocycles. The maximum Gasteiger partial charge on any atom is 0.276 e. The highest BCUT2D eigenvalue weighted by Crippen LogP contribution is 2.14. The van der Waals surface area contributed by atoms with Gasteiger partial charge in [0.1, 0.15) is 0 Å². The van der Waals surface area contributed by atoms with Gasteiger partial charge in [-0.3, -0.25) is 9.89 Å². The second kappa shape index (κ2) is 5.13. The van der Waals surface area contributed by atoms with Crippen LogP contribution in [-0.2, 0) is 12.8 Å². The SMILES string of the molecule is CCc1nc2cc[nH]n2c(=O)c1Cc1ccc(Cl)cc1. The summed E-state index contributed by atoms with van der Waals surface area (Å²) in [6.07, 6.45) is 3.02. The Morgan fingerprint density at radius 1 is 1.25 bits per heavy atom. The lowest BCUT2D eigenvalue weighted by atomic mass is 10.0. The molecule has 0 bridgehead atoms. The fraction of sp³-hybridized carbons (Fsp3) is 0.200. The molecular weight excluding hydrogens is 274 g/mol. The number of aryl methyl sites for hydroxylation is 1. The summed E-state index contributed by atoms with van der Waals surface area (Å²) < 4.78 is 1.48. The fourth-order valence-electron chi connectivity index (χ4n) is 2.32. The van der Waals surface area contributed by atoms with Crippen LogP contribution in [0.25, 0.3) is 5.65 Å². The van der Waals surface area contributed by atoms with Crippen LogP contribution in [0.5, 0.6) is 0 Å². The molecule has 0 amide bonds. The lowest BCUT2D eigenvalue weighted by molar-refractivity contribution is 0.842. The van der Waals surface area contributed by atoms with Gasteiger partial charge in [-0.2, -0.15) is 0 Å². The van der Waals surface area contributed by atoms with E-state index >= 15 is 0 Å². The van der Waals surface area contributed by atoms with E-state index in [1.165, 1.54) is 4.52 Å². The Bertz CT molecular complexity index is 802. The molecule has 102 valence electrons. The van der Waals surface area contributed by atoms with Crippen molar-refractivity contribution in [3.05, 3.63) is 68.7 Å². The van der Waals surface area contributed by atoms with Gasteiger partial charge in [0, 0.05) is 29.3 Å². The number of fused-ring (bicyclic) bond motifs is 1. The molecule has 3 aromatic rings. The highest BCUT2D eigenvalue weighted by Gasteiger charge is 2.12. The molecule has 0 saturated carbocycles. The number of halogens is 1. The first-order chi connectivity index (χ1) is 9.69. The third-order valence-electron chi connectivity index (χ3n) is 3.35. The van der Waals surface area contributed by atoms with Crippen molar-refractivity contribution in [3.8, 4) is 0 Å². The molecule has 3 rings (SSSR count). The first-order valence-electron chi connectivity index (χ1n) is 6.51. The number of H-pyrrole nitrogens is 1. The maximum absolute atomic E-state index is 12.5. The minimum atomic E-state index is -0.0354. The van der Waals surface area contributed by atoms with E-state index in [1.54, 1.807) is 12.3 Å². The van der Waals surface area contributed by atoms with Crippen molar-refractivity contribution in [1.82, 2.24) is 14.6 Å². The first-order valence-corrected chi connectivity index (χ1v) is 6.89. The fourth-order valence-corrected chi connectivity index (χ4v) is 2.44. The topological polar surface area (TPSA) is 50.2 Å². The maximum atomic E-state index is 12.5. The van der Waals surface area contributed by atoms with E-state index in [1.807, 2.05) is 31.2 Å². The second-order valence-electron chi connectivity index (χ2n) is 4.66. The third kappa shape index (κ3) is 2.23. The zero-order valence-corrected chi connectivity index (χ0v) is 11.8. The van der Waals surface area contributed by atoms with Crippen LogP contribution in [0, 0.1) is 0 Å². The highest BCUT2D eigenvalue weighted by molar-refractivity contribution is 6.30. The largest absolute Gasteiger partial charge is 0.297 e. The molecule has 0 unspecified atom stereocenters. The Hall–Kier alpha value is -2.07. The van der Waals surface area contributed by atoms with E-state index in [2.05, 4.69) is 10.1 Å². The van der Waals surface area contributed by atoms with Crippen molar-refractivity contribution in [2.24, 2.45) is 0 Å². The van der Waals surface area contributed by atoms with Crippen LogP contribution in [-0.4, -0.2) is 14.6 Å². The normalized spacial score (nSPS) is 11.1. The van der Waals surface area contributed by atoms with Gasteiger partial charge in [0.2, 0.25) is 0 Å². The number of aromatic nitrogens is 3. The van der Waals surface area contributed by atoms with E-state index in [9.17, 15) is 4.79 Å². The molecule has 1 N–H and O–H groups in total. The molecule has 0 fully saturated rings. The number of rotatable bonds is 3. The molecule has 0 atom stereocenters. The Morgan fingerprint density at radius 2 is 2.00 bits per heavy atom. The van der Waals surface area contributed by atoms with Crippen LogP contribution in [0.15, 0.2) is 41.3 Å².